The molecule has 4 rings (SSSR count). The van der Waals surface area contributed by atoms with Gasteiger partial charge in [-0.25, -0.2) is 0 Å². The predicted molar refractivity (Wildman–Crippen MR) is 110 cm³/mol. The van der Waals surface area contributed by atoms with Crippen molar-refractivity contribution in [3.8, 4) is 11.5 Å². The molecule has 0 aliphatic heterocycles. The van der Waals surface area contributed by atoms with Crippen LogP contribution >= 0.6 is 11.6 Å². The molecular formula is C24H23ClO2. The highest BCUT2D eigenvalue weighted by molar-refractivity contribution is 6.30. The maximum atomic E-state index is 6.13. The van der Waals surface area contributed by atoms with E-state index in [1.807, 2.05) is 60.7 Å². The van der Waals surface area contributed by atoms with E-state index in [9.17, 15) is 0 Å². The molecular weight excluding hydrogens is 356 g/mol. The summed E-state index contributed by atoms with van der Waals surface area (Å²) >= 11 is 6.03. The van der Waals surface area contributed by atoms with E-state index in [1.165, 1.54) is 18.4 Å². The Hall–Kier alpha value is -2.29. The zero-order valence-corrected chi connectivity index (χ0v) is 15.9. The van der Waals surface area contributed by atoms with E-state index in [4.69, 9.17) is 21.1 Å². The summed E-state index contributed by atoms with van der Waals surface area (Å²) in [6.07, 6.45) is 2.56. The summed E-state index contributed by atoms with van der Waals surface area (Å²) in [4.78, 5) is 0. The molecule has 3 heteroatoms. The van der Waals surface area contributed by atoms with Gasteiger partial charge < -0.3 is 9.47 Å². The second-order valence-corrected chi connectivity index (χ2v) is 7.47. The van der Waals surface area contributed by atoms with Gasteiger partial charge in [-0.15, -0.1) is 0 Å². The summed E-state index contributed by atoms with van der Waals surface area (Å²) in [5.41, 5.74) is 2.38. The molecule has 27 heavy (non-hydrogen) atoms. The number of halogens is 1. The molecule has 2 nitrogen and oxygen atoms in total. The fourth-order valence-electron chi connectivity index (χ4n) is 3.35. The van der Waals surface area contributed by atoms with Crippen LogP contribution in [0.15, 0.2) is 78.9 Å². The quantitative estimate of drug-likeness (QED) is 0.427. The van der Waals surface area contributed by atoms with Crippen molar-refractivity contribution in [2.24, 2.45) is 5.92 Å². The highest BCUT2D eigenvalue weighted by Gasteiger charge is 2.32. The van der Waals surface area contributed by atoms with Crippen LogP contribution in [0.25, 0.3) is 0 Å². The molecule has 0 N–H and O–H groups in total. The topological polar surface area (TPSA) is 18.5 Å². The maximum Gasteiger partial charge on any atom is 0.132 e. The summed E-state index contributed by atoms with van der Waals surface area (Å²) < 4.78 is 12.2. The van der Waals surface area contributed by atoms with Crippen LogP contribution in [0.2, 0.25) is 5.02 Å². The van der Waals surface area contributed by atoms with Crippen LogP contribution in [0.1, 0.15) is 29.9 Å². The minimum atomic E-state index is 0.435. The van der Waals surface area contributed by atoms with Crippen LogP contribution in [0.3, 0.4) is 0 Å². The van der Waals surface area contributed by atoms with E-state index in [0.29, 0.717) is 19.1 Å². The first-order valence-electron chi connectivity index (χ1n) is 9.43. The van der Waals surface area contributed by atoms with Crippen LogP contribution in [-0.4, -0.2) is 6.61 Å². The van der Waals surface area contributed by atoms with Crippen LogP contribution < -0.4 is 4.74 Å². The molecule has 0 spiro atoms. The second kappa shape index (κ2) is 8.60. The van der Waals surface area contributed by atoms with Gasteiger partial charge in [-0.2, -0.15) is 0 Å². The largest absolute Gasteiger partial charge is 0.457 e. The molecule has 0 radical (unpaired) electrons. The molecule has 1 aliphatic carbocycles. The van der Waals surface area contributed by atoms with Crippen molar-refractivity contribution in [2.75, 3.05) is 6.61 Å². The predicted octanol–water partition coefficient (Wildman–Crippen LogP) is 6.84. The van der Waals surface area contributed by atoms with Crippen molar-refractivity contribution in [1.82, 2.24) is 0 Å². The van der Waals surface area contributed by atoms with Gasteiger partial charge in [-0.1, -0.05) is 60.1 Å². The van der Waals surface area contributed by atoms with Crippen molar-refractivity contribution in [1.29, 1.82) is 0 Å². The van der Waals surface area contributed by atoms with Crippen molar-refractivity contribution in [3.63, 3.8) is 0 Å². The van der Waals surface area contributed by atoms with E-state index in [2.05, 4.69) is 18.2 Å². The molecule has 0 amide bonds. The van der Waals surface area contributed by atoms with E-state index < -0.39 is 0 Å². The van der Waals surface area contributed by atoms with Gasteiger partial charge in [0.25, 0.3) is 0 Å². The Kier molecular flexibility index (Phi) is 5.76. The van der Waals surface area contributed by atoms with Gasteiger partial charge in [-0.05, 0) is 54.7 Å². The summed E-state index contributed by atoms with van der Waals surface area (Å²) in [5, 5.41) is 0.779. The molecule has 3 aromatic carbocycles. The van der Waals surface area contributed by atoms with E-state index in [1.54, 1.807) is 0 Å². The van der Waals surface area contributed by atoms with Crippen molar-refractivity contribution < 1.29 is 9.47 Å². The fraction of sp³-hybridized carbons (Fsp3) is 0.250. The lowest BCUT2D eigenvalue weighted by Crippen LogP contribution is -2.10. The minimum absolute atomic E-state index is 0.435. The highest BCUT2D eigenvalue weighted by Crippen LogP contribution is 2.43. The first kappa shape index (κ1) is 18.1. The lowest BCUT2D eigenvalue weighted by atomic mass is 9.95. The Bertz CT molecular complexity index is 857. The number of hydrogen-bond donors (Lipinski definition) is 0. The minimum Gasteiger partial charge on any atom is -0.457 e. The van der Waals surface area contributed by atoms with Crippen LogP contribution in [0.5, 0.6) is 11.5 Å². The molecule has 0 saturated heterocycles. The Morgan fingerprint density at radius 3 is 2.30 bits per heavy atom. The van der Waals surface area contributed by atoms with Crippen LogP contribution in [-0.2, 0) is 11.3 Å². The average molecular weight is 379 g/mol. The molecule has 0 bridgehead atoms. The number of para-hydroxylation sites is 2. The maximum absolute atomic E-state index is 6.13. The van der Waals surface area contributed by atoms with Crippen LogP contribution in [0, 0.1) is 5.92 Å². The first-order valence-corrected chi connectivity index (χ1v) is 9.81. The number of ether oxygens (including phenoxy) is 2. The Balaban J connectivity index is 1.40. The average Bonchev–Trinajstić information content (AvgIpc) is 3.53. The van der Waals surface area contributed by atoms with Gasteiger partial charge in [0.05, 0.1) is 13.2 Å². The van der Waals surface area contributed by atoms with Gasteiger partial charge in [0.2, 0.25) is 0 Å². The fourth-order valence-corrected chi connectivity index (χ4v) is 3.47. The molecule has 0 heterocycles. The molecule has 138 valence electrons. The number of hydrogen-bond acceptors (Lipinski definition) is 2. The second-order valence-electron chi connectivity index (χ2n) is 7.03. The lowest BCUT2D eigenvalue weighted by Gasteiger charge is -2.18. The Labute approximate surface area is 165 Å². The third-order valence-corrected chi connectivity index (χ3v) is 5.24. The zero-order valence-electron chi connectivity index (χ0n) is 15.2. The molecule has 0 aromatic heterocycles. The van der Waals surface area contributed by atoms with E-state index in [-0.39, 0.29) is 0 Å². The molecule has 1 aliphatic rings. The zero-order chi connectivity index (χ0) is 18.5. The molecule has 3 aromatic rings. The van der Waals surface area contributed by atoms with Gasteiger partial charge >= 0.3 is 0 Å². The molecule has 1 saturated carbocycles. The summed E-state index contributed by atoms with van der Waals surface area (Å²) in [6.45, 7) is 1.26. The summed E-state index contributed by atoms with van der Waals surface area (Å²) in [7, 11) is 0. The number of benzene rings is 3. The molecule has 1 fully saturated rings. The van der Waals surface area contributed by atoms with Crippen molar-refractivity contribution in [3.05, 3.63) is 95.0 Å². The van der Waals surface area contributed by atoms with Gasteiger partial charge in [0, 0.05) is 16.5 Å². The standard InChI is InChI=1S/C24H23ClO2/c25-21-14-12-19(13-15-21)23(18-10-11-18)17-26-16-20-6-4-5-9-24(20)27-22-7-2-1-3-8-22/h1-9,12-15,18,23H,10-11,16-17H2. The summed E-state index contributed by atoms with van der Waals surface area (Å²) in [6, 6.07) is 26.1. The van der Waals surface area contributed by atoms with Gasteiger partial charge in [-0.3, -0.25) is 0 Å². The third kappa shape index (κ3) is 4.91. The smallest absolute Gasteiger partial charge is 0.132 e. The van der Waals surface area contributed by atoms with Crippen molar-refractivity contribution >= 4 is 11.6 Å². The van der Waals surface area contributed by atoms with Gasteiger partial charge in [0.15, 0.2) is 0 Å². The lowest BCUT2D eigenvalue weighted by molar-refractivity contribution is 0.100. The number of rotatable bonds is 8. The molecule has 1 unspecified atom stereocenters. The van der Waals surface area contributed by atoms with E-state index >= 15 is 0 Å². The van der Waals surface area contributed by atoms with Crippen molar-refractivity contribution in [2.45, 2.75) is 25.4 Å². The third-order valence-electron chi connectivity index (χ3n) is 4.99. The Morgan fingerprint density at radius 2 is 1.56 bits per heavy atom. The highest BCUT2D eigenvalue weighted by atomic mass is 35.5. The monoisotopic (exact) mass is 378 g/mol. The Morgan fingerprint density at radius 1 is 0.852 bits per heavy atom. The van der Waals surface area contributed by atoms with Gasteiger partial charge in [0.1, 0.15) is 11.5 Å². The first-order chi connectivity index (χ1) is 13.3. The molecule has 1 atom stereocenters. The SMILES string of the molecule is Clc1ccc(C(COCc2ccccc2Oc2ccccc2)C2CC2)cc1. The normalized spacial score (nSPS) is 14.7. The van der Waals surface area contributed by atoms with E-state index in [0.717, 1.165) is 28.0 Å². The summed E-state index contributed by atoms with van der Waals surface area (Å²) in [5.74, 6) is 2.84. The van der Waals surface area contributed by atoms with Crippen LogP contribution in [0.4, 0.5) is 0 Å².